The molecule has 1 unspecified atom stereocenters. The predicted octanol–water partition coefficient (Wildman–Crippen LogP) is 3.20. The minimum atomic E-state index is 0.185. The van der Waals surface area contributed by atoms with Crippen molar-refractivity contribution in [3.63, 3.8) is 0 Å². The van der Waals surface area contributed by atoms with Crippen LogP contribution in [0.4, 0.5) is 0 Å². The van der Waals surface area contributed by atoms with E-state index in [0.717, 1.165) is 18.0 Å². The van der Waals surface area contributed by atoms with Gasteiger partial charge in [-0.2, -0.15) is 0 Å². The van der Waals surface area contributed by atoms with Crippen molar-refractivity contribution in [2.24, 2.45) is 5.73 Å². The van der Waals surface area contributed by atoms with Crippen LogP contribution in [0.1, 0.15) is 19.5 Å². The number of nitrogens with two attached hydrogens (primary N) is 1. The number of aromatic nitrogens is 1. The molecular weight excluding hydrogens is 220 g/mol. The maximum Gasteiger partial charge on any atom is 0.0497 e. The molecule has 0 aliphatic rings. The summed E-state index contributed by atoms with van der Waals surface area (Å²) in [5.41, 5.74) is 8.35. The molecule has 1 aromatic heterocycles. The fraction of sp³-hybridized carbons (Fsp3) is 0.385. The van der Waals surface area contributed by atoms with Crippen LogP contribution in [0.3, 0.4) is 0 Å². The van der Waals surface area contributed by atoms with Gasteiger partial charge in [-0.15, -0.1) is 0 Å². The Morgan fingerprint density at radius 1 is 1.38 bits per heavy atom. The van der Waals surface area contributed by atoms with Gasteiger partial charge in [0.1, 0.15) is 0 Å². The molecule has 2 aromatic rings. The molecule has 2 nitrogen and oxygen atoms in total. The smallest absolute Gasteiger partial charge is 0.0497 e. The second-order valence-corrected chi connectivity index (χ2v) is 4.70. The molecule has 1 heterocycles. The topological polar surface area (TPSA) is 30.9 Å². The van der Waals surface area contributed by atoms with E-state index in [1.165, 1.54) is 16.6 Å². The SMILES string of the molecule is CCn1c(CC(C)N)cc2ccc(Cl)cc21. The summed E-state index contributed by atoms with van der Waals surface area (Å²) >= 11 is 6.02. The van der Waals surface area contributed by atoms with Crippen molar-refractivity contribution >= 4 is 22.5 Å². The predicted molar refractivity (Wildman–Crippen MR) is 70.0 cm³/mol. The lowest BCUT2D eigenvalue weighted by Gasteiger charge is -2.09. The van der Waals surface area contributed by atoms with Gasteiger partial charge in [-0.25, -0.2) is 0 Å². The minimum Gasteiger partial charge on any atom is -0.345 e. The Kier molecular flexibility index (Phi) is 3.22. The van der Waals surface area contributed by atoms with Crippen molar-refractivity contribution in [1.82, 2.24) is 4.57 Å². The van der Waals surface area contributed by atoms with E-state index >= 15 is 0 Å². The number of hydrogen-bond donors (Lipinski definition) is 1. The zero-order chi connectivity index (χ0) is 11.7. The fourth-order valence-electron chi connectivity index (χ4n) is 2.16. The first-order chi connectivity index (χ1) is 7.61. The first-order valence-corrected chi connectivity index (χ1v) is 6.03. The van der Waals surface area contributed by atoms with E-state index in [2.05, 4.69) is 23.6 Å². The van der Waals surface area contributed by atoms with E-state index in [-0.39, 0.29) is 6.04 Å². The van der Waals surface area contributed by atoms with Crippen molar-refractivity contribution in [2.45, 2.75) is 32.9 Å². The average molecular weight is 237 g/mol. The standard InChI is InChI=1S/C13H17ClN2/c1-3-16-12(6-9(2)15)7-10-4-5-11(14)8-13(10)16/h4-5,7-9H,3,6,15H2,1-2H3. The summed E-state index contributed by atoms with van der Waals surface area (Å²) in [6.07, 6.45) is 0.903. The molecule has 2 N–H and O–H groups in total. The molecule has 0 bridgehead atoms. The van der Waals surface area contributed by atoms with Crippen LogP contribution in [0, 0.1) is 0 Å². The average Bonchev–Trinajstić information content (AvgIpc) is 2.53. The van der Waals surface area contributed by atoms with Crippen LogP contribution >= 0.6 is 11.6 Å². The summed E-state index contributed by atoms with van der Waals surface area (Å²) in [6, 6.07) is 8.41. The van der Waals surface area contributed by atoms with Crippen molar-refractivity contribution in [2.75, 3.05) is 0 Å². The molecule has 0 amide bonds. The van der Waals surface area contributed by atoms with Crippen LogP contribution in [0.25, 0.3) is 10.9 Å². The highest BCUT2D eigenvalue weighted by atomic mass is 35.5. The molecule has 16 heavy (non-hydrogen) atoms. The van der Waals surface area contributed by atoms with Crippen molar-refractivity contribution in [3.8, 4) is 0 Å². The van der Waals surface area contributed by atoms with Gasteiger partial charge in [-0.1, -0.05) is 17.7 Å². The lowest BCUT2D eigenvalue weighted by atomic mass is 10.2. The molecule has 0 radical (unpaired) electrons. The molecule has 1 aromatic carbocycles. The number of rotatable bonds is 3. The molecule has 0 saturated carbocycles. The second kappa shape index (κ2) is 4.48. The van der Waals surface area contributed by atoms with Crippen LogP contribution in [-0.4, -0.2) is 10.6 Å². The number of halogens is 1. The molecular formula is C13H17ClN2. The lowest BCUT2D eigenvalue weighted by molar-refractivity contribution is 0.665. The Balaban J connectivity index is 2.57. The summed E-state index contributed by atoms with van der Waals surface area (Å²) in [7, 11) is 0. The molecule has 1 atom stereocenters. The lowest BCUT2D eigenvalue weighted by Crippen LogP contribution is -2.19. The number of fused-ring (bicyclic) bond motifs is 1. The summed E-state index contributed by atoms with van der Waals surface area (Å²) in [4.78, 5) is 0. The number of aryl methyl sites for hydroxylation is 1. The van der Waals surface area contributed by atoms with Gasteiger partial charge >= 0.3 is 0 Å². The fourth-order valence-corrected chi connectivity index (χ4v) is 2.32. The van der Waals surface area contributed by atoms with Crippen molar-refractivity contribution < 1.29 is 0 Å². The third-order valence-corrected chi connectivity index (χ3v) is 3.03. The molecule has 3 heteroatoms. The zero-order valence-corrected chi connectivity index (χ0v) is 10.5. The minimum absolute atomic E-state index is 0.185. The highest BCUT2D eigenvalue weighted by molar-refractivity contribution is 6.31. The van der Waals surface area contributed by atoms with Crippen LogP contribution < -0.4 is 5.73 Å². The van der Waals surface area contributed by atoms with Gasteiger partial charge in [0.2, 0.25) is 0 Å². The van der Waals surface area contributed by atoms with E-state index in [4.69, 9.17) is 17.3 Å². The Hall–Kier alpha value is -0.990. The second-order valence-electron chi connectivity index (χ2n) is 4.26. The number of benzene rings is 1. The molecule has 2 rings (SSSR count). The summed E-state index contributed by atoms with van der Waals surface area (Å²) in [5, 5.41) is 2.02. The van der Waals surface area contributed by atoms with E-state index in [0.29, 0.717) is 0 Å². The molecule has 0 saturated heterocycles. The zero-order valence-electron chi connectivity index (χ0n) is 9.70. The Labute approximate surface area is 101 Å². The summed E-state index contributed by atoms with van der Waals surface area (Å²) in [5.74, 6) is 0. The van der Waals surface area contributed by atoms with E-state index in [1.807, 2.05) is 19.1 Å². The summed E-state index contributed by atoms with van der Waals surface area (Å²) < 4.78 is 2.28. The van der Waals surface area contributed by atoms with Gasteiger partial charge in [0, 0.05) is 35.2 Å². The number of hydrogen-bond acceptors (Lipinski definition) is 1. The molecule has 0 aliphatic carbocycles. The van der Waals surface area contributed by atoms with Crippen LogP contribution in [0.5, 0.6) is 0 Å². The molecule has 86 valence electrons. The summed E-state index contributed by atoms with van der Waals surface area (Å²) in [6.45, 7) is 5.13. The first-order valence-electron chi connectivity index (χ1n) is 5.65. The van der Waals surface area contributed by atoms with Gasteiger partial charge in [0.25, 0.3) is 0 Å². The van der Waals surface area contributed by atoms with Crippen LogP contribution in [0.2, 0.25) is 5.02 Å². The normalized spacial score (nSPS) is 13.2. The maximum atomic E-state index is 6.02. The molecule has 0 fully saturated rings. The molecule has 0 aliphatic heterocycles. The van der Waals surface area contributed by atoms with Crippen LogP contribution in [0.15, 0.2) is 24.3 Å². The van der Waals surface area contributed by atoms with E-state index in [1.54, 1.807) is 0 Å². The Bertz CT molecular complexity index is 500. The van der Waals surface area contributed by atoms with Gasteiger partial charge in [-0.3, -0.25) is 0 Å². The molecule has 0 spiro atoms. The highest BCUT2D eigenvalue weighted by Crippen LogP contribution is 2.24. The number of nitrogens with zero attached hydrogens (tertiary/aromatic N) is 1. The quantitative estimate of drug-likeness (QED) is 0.872. The van der Waals surface area contributed by atoms with Gasteiger partial charge in [0.05, 0.1) is 0 Å². The van der Waals surface area contributed by atoms with Gasteiger partial charge in [-0.05, 0) is 37.4 Å². The Morgan fingerprint density at radius 2 is 2.12 bits per heavy atom. The van der Waals surface area contributed by atoms with Gasteiger partial charge < -0.3 is 10.3 Å². The third-order valence-electron chi connectivity index (χ3n) is 2.80. The first kappa shape index (κ1) is 11.5. The van der Waals surface area contributed by atoms with Crippen molar-refractivity contribution in [3.05, 3.63) is 35.0 Å². The highest BCUT2D eigenvalue weighted by Gasteiger charge is 2.09. The monoisotopic (exact) mass is 236 g/mol. The third kappa shape index (κ3) is 2.08. The largest absolute Gasteiger partial charge is 0.345 e. The van der Waals surface area contributed by atoms with E-state index < -0.39 is 0 Å². The van der Waals surface area contributed by atoms with Gasteiger partial charge in [0.15, 0.2) is 0 Å². The van der Waals surface area contributed by atoms with Crippen molar-refractivity contribution in [1.29, 1.82) is 0 Å². The van der Waals surface area contributed by atoms with E-state index in [9.17, 15) is 0 Å². The van der Waals surface area contributed by atoms with Crippen LogP contribution in [-0.2, 0) is 13.0 Å². The Morgan fingerprint density at radius 3 is 2.75 bits per heavy atom. The maximum absolute atomic E-state index is 6.02.